The number of rotatable bonds is 6. The van der Waals surface area contributed by atoms with Gasteiger partial charge in [-0.15, -0.1) is 0 Å². The summed E-state index contributed by atoms with van der Waals surface area (Å²) in [5, 5.41) is 3.47. The van der Waals surface area contributed by atoms with Crippen LogP contribution in [0.25, 0.3) is 0 Å². The number of hydrogen-bond acceptors (Lipinski definition) is 4. The number of ether oxygens (including phenoxy) is 2. The van der Waals surface area contributed by atoms with Gasteiger partial charge in [0.2, 0.25) is 0 Å². The first-order chi connectivity index (χ1) is 11.9. The zero-order chi connectivity index (χ0) is 18.4. The second-order valence-corrected chi connectivity index (χ2v) is 6.33. The van der Waals surface area contributed by atoms with Crippen LogP contribution in [0.4, 0.5) is 5.69 Å². The van der Waals surface area contributed by atoms with E-state index < -0.39 is 18.5 Å². The Morgan fingerprint density at radius 1 is 0.920 bits per heavy atom. The smallest absolute Gasteiger partial charge is 0.344 e. The maximum atomic E-state index is 11.8. The van der Waals surface area contributed by atoms with E-state index in [2.05, 4.69) is 5.32 Å². The largest absolute Gasteiger partial charge is 0.480 e. The van der Waals surface area contributed by atoms with E-state index in [0.29, 0.717) is 15.8 Å². The highest BCUT2D eigenvalue weighted by atomic mass is 35.5. The van der Waals surface area contributed by atoms with E-state index >= 15 is 0 Å². The maximum absolute atomic E-state index is 11.8. The zero-order valence-corrected chi connectivity index (χ0v) is 15.5. The van der Waals surface area contributed by atoms with Crippen molar-refractivity contribution >= 4 is 64.0 Å². The van der Waals surface area contributed by atoms with Crippen LogP contribution in [0.15, 0.2) is 36.4 Å². The van der Waals surface area contributed by atoms with Crippen molar-refractivity contribution in [3.05, 3.63) is 56.5 Å². The summed E-state index contributed by atoms with van der Waals surface area (Å²) in [5.41, 5.74) is 0.182. The number of carbonyl (C=O) groups excluding carboxylic acids is 2. The molecule has 0 aromatic heterocycles. The van der Waals surface area contributed by atoms with Gasteiger partial charge in [-0.3, -0.25) is 4.79 Å². The molecule has 0 saturated heterocycles. The van der Waals surface area contributed by atoms with E-state index in [1.165, 1.54) is 12.1 Å². The molecule has 0 aliphatic rings. The first kappa shape index (κ1) is 19.7. The minimum Gasteiger partial charge on any atom is -0.480 e. The Morgan fingerprint density at radius 2 is 1.56 bits per heavy atom. The monoisotopic (exact) mass is 421 g/mol. The van der Waals surface area contributed by atoms with Crippen LogP contribution in [0.1, 0.15) is 0 Å². The SMILES string of the molecule is O=C(COC(=O)COc1ccccc1Cl)Nc1c(Cl)cc(Cl)cc1Cl. The lowest BCUT2D eigenvalue weighted by Crippen LogP contribution is -2.24. The fraction of sp³-hybridized carbons (Fsp3) is 0.125. The van der Waals surface area contributed by atoms with Crippen molar-refractivity contribution in [1.29, 1.82) is 0 Å². The van der Waals surface area contributed by atoms with Gasteiger partial charge in [-0.1, -0.05) is 58.5 Å². The van der Waals surface area contributed by atoms with Gasteiger partial charge in [0.05, 0.1) is 20.8 Å². The second-order valence-electron chi connectivity index (χ2n) is 4.67. The lowest BCUT2D eigenvalue weighted by Gasteiger charge is -2.11. The Balaban J connectivity index is 1.82. The van der Waals surface area contributed by atoms with Crippen LogP contribution in [-0.2, 0) is 14.3 Å². The Bertz CT molecular complexity index is 774. The molecule has 0 aliphatic heterocycles. The third kappa shape index (κ3) is 5.97. The van der Waals surface area contributed by atoms with Crippen molar-refractivity contribution in [2.75, 3.05) is 18.5 Å². The molecule has 0 radical (unpaired) electrons. The minimum atomic E-state index is -0.733. The van der Waals surface area contributed by atoms with Crippen molar-refractivity contribution < 1.29 is 19.1 Å². The van der Waals surface area contributed by atoms with Crippen molar-refractivity contribution in [3.63, 3.8) is 0 Å². The van der Waals surface area contributed by atoms with Gasteiger partial charge in [0.1, 0.15) is 5.75 Å². The van der Waals surface area contributed by atoms with Crippen molar-refractivity contribution in [3.8, 4) is 5.75 Å². The van der Waals surface area contributed by atoms with E-state index in [-0.39, 0.29) is 22.3 Å². The van der Waals surface area contributed by atoms with Crippen LogP contribution in [-0.4, -0.2) is 25.1 Å². The van der Waals surface area contributed by atoms with E-state index in [9.17, 15) is 9.59 Å². The van der Waals surface area contributed by atoms with Gasteiger partial charge >= 0.3 is 5.97 Å². The summed E-state index contributed by atoms with van der Waals surface area (Å²) in [6, 6.07) is 9.51. The highest BCUT2D eigenvalue weighted by Crippen LogP contribution is 2.33. The van der Waals surface area contributed by atoms with Crippen LogP contribution in [0.5, 0.6) is 5.75 Å². The van der Waals surface area contributed by atoms with E-state index in [1.54, 1.807) is 24.3 Å². The van der Waals surface area contributed by atoms with E-state index in [0.717, 1.165) is 0 Å². The fourth-order valence-corrected chi connectivity index (χ4v) is 2.83. The van der Waals surface area contributed by atoms with Gasteiger partial charge in [-0.05, 0) is 24.3 Å². The molecule has 0 heterocycles. The quantitative estimate of drug-likeness (QED) is 0.675. The molecule has 0 unspecified atom stereocenters. The Morgan fingerprint density at radius 3 is 2.20 bits per heavy atom. The topological polar surface area (TPSA) is 64.6 Å². The number of carbonyl (C=O) groups is 2. The summed E-state index contributed by atoms with van der Waals surface area (Å²) >= 11 is 23.6. The lowest BCUT2D eigenvalue weighted by atomic mass is 10.3. The number of nitrogens with one attached hydrogen (secondary N) is 1. The Kier molecular flexibility index (Phi) is 7.20. The van der Waals surface area contributed by atoms with Crippen molar-refractivity contribution in [2.24, 2.45) is 0 Å². The standard InChI is InChI=1S/C16H11Cl4NO4/c17-9-5-11(19)16(12(20)6-9)21-14(22)7-25-15(23)8-24-13-4-2-1-3-10(13)18/h1-6H,7-8H2,(H,21,22). The van der Waals surface area contributed by atoms with Crippen molar-refractivity contribution in [2.45, 2.75) is 0 Å². The molecular formula is C16H11Cl4NO4. The number of halogens is 4. The van der Waals surface area contributed by atoms with Gasteiger partial charge in [0, 0.05) is 5.02 Å². The zero-order valence-electron chi connectivity index (χ0n) is 12.5. The number of hydrogen-bond donors (Lipinski definition) is 1. The van der Waals surface area contributed by atoms with Crippen LogP contribution < -0.4 is 10.1 Å². The Hall–Kier alpha value is -1.66. The summed E-state index contributed by atoms with van der Waals surface area (Å²) in [4.78, 5) is 23.5. The first-order valence-corrected chi connectivity index (χ1v) is 8.35. The second kappa shape index (κ2) is 9.15. The summed E-state index contributed by atoms with van der Waals surface area (Å²) in [6.07, 6.45) is 0. The number of amides is 1. The number of benzene rings is 2. The van der Waals surface area contributed by atoms with Crippen LogP contribution in [0.2, 0.25) is 20.1 Å². The van der Waals surface area contributed by atoms with Crippen LogP contribution in [0, 0.1) is 0 Å². The van der Waals surface area contributed by atoms with Gasteiger partial charge in [-0.25, -0.2) is 4.79 Å². The summed E-state index contributed by atoms with van der Waals surface area (Å²) in [7, 11) is 0. The van der Waals surface area contributed by atoms with Crippen molar-refractivity contribution in [1.82, 2.24) is 0 Å². The molecule has 0 atom stereocenters. The van der Waals surface area contributed by atoms with E-state index in [1.807, 2.05) is 0 Å². The molecule has 0 spiro atoms. The molecule has 1 N–H and O–H groups in total. The normalized spacial score (nSPS) is 10.2. The van der Waals surface area contributed by atoms with Gasteiger partial charge in [0.15, 0.2) is 13.2 Å². The molecule has 9 heteroatoms. The van der Waals surface area contributed by atoms with Gasteiger partial charge in [0.25, 0.3) is 5.91 Å². The third-order valence-electron chi connectivity index (χ3n) is 2.82. The number of para-hydroxylation sites is 1. The molecule has 2 aromatic carbocycles. The molecule has 2 rings (SSSR count). The number of esters is 1. The lowest BCUT2D eigenvalue weighted by molar-refractivity contribution is -0.149. The number of anilines is 1. The highest BCUT2D eigenvalue weighted by Gasteiger charge is 2.14. The third-order valence-corrected chi connectivity index (χ3v) is 3.94. The average Bonchev–Trinajstić information content (AvgIpc) is 2.55. The fourth-order valence-electron chi connectivity index (χ4n) is 1.72. The summed E-state index contributed by atoms with van der Waals surface area (Å²) < 4.78 is 10.0. The van der Waals surface area contributed by atoms with E-state index in [4.69, 9.17) is 55.9 Å². The maximum Gasteiger partial charge on any atom is 0.344 e. The predicted octanol–water partition coefficient (Wildman–Crippen LogP) is 4.86. The molecule has 0 fully saturated rings. The molecule has 0 bridgehead atoms. The molecule has 2 aromatic rings. The van der Waals surface area contributed by atoms with Gasteiger partial charge in [-0.2, -0.15) is 0 Å². The first-order valence-electron chi connectivity index (χ1n) is 6.84. The molecule has 132 valence electrons. The van der Waals surface area contributed by atoms with Gasteiger partial charge < -0.3 is 14.8 Å². The molecule has 1 amide bonds. The summed E-state index contributed by atoms with van der Waals surface area (Å²) in [5.74, 6) is -1.01. The highest BCUT2D eigenvalue weighted by molar-refractivity contribution is 6.42. The molecular weight excluding hydrogens is 412 g/mol. The molecule has 0 saturated carbocycles. The minimum absolute atomic E-state index is 0.166. The summed E-state index contributed by atoms with van der Waals surface area (Å²) in [6.45, 7) is -0.917. The predicted molar refractivity (Wildman–Crippen MR) is 98.0 cm³/mol. The average molecular weight is 423 g/mol. The van der Waals surface area contributed by atoms with Crippen LogP contribution >= 0.6 is 46.4 Å². The molecule has 0 aliphatic carbocycles. The molecule has 25 heavy (non-hydrogen) atoms. The van der Waals surface area contributed by atoms with Crippen LogP contribution in [0.3, 0.4) is 0 Å². The molecule has 5 nitrogen and oxygen atoms in total. The Labute approximate surface area is 163 Å².